The Hall–Kier alpha value is -1.99. The van der Waals surface area contributed by atoms with Crippen molar-refractivity contribution in [3.63, 3.8) is 0 Å². The second-order valence-electron chi connectivity index (χ2n) is 6.91. The molecule has 2 unspecified atom stereocenters. The minimum absolute atomic E-state index is 0.0311. The monoisotopic (exact) mass is 365 g/mol. The third-order valence-corrected chi connectivity index (χ3v) is 5.08. The molecule has 0 aliphatic carbocycles. The lowest BCUT2D eigenvalue weighted by atomic mass is 10.1. The summed E-state index contributed by atoms with van der Waals surface area (Å²) in [5.74, 6) is -1.26. The quantitative estimate of drug-likeness (QED) is 0.770. The van der Waals surface area contributed by atoms with Crippen LogP contribution in [0.3, 0.4) is 0 Å². The number of likely N-dealkylation sites (tertiary alicyclic amines) is 1. The smallest absolute Gasteiger partial charge is 0.317 e. The number of benzene rings is 1. The number of carbonyl (C=O) groups is 2. The van der Waals surface area contributed by atoms with Gasteiger partial charge in [-0.2, -0.15) is 0 Å². The summed E-state index contributed by atoms with van der Waals surface area (Å²) in [6, 6.07) is 6.33. The Balaban J connectivity index is 1.85. The van der Waals surface area contributed by atoms with E-state index in [1.54, 1.807) is 18.2 Å². The summed E-state index contributed by atoms with van der Waals surface area (Å²) < 4.78 is 13.7. The van der Waals surface area contributed by atoms with Gasteiger partial charge in [-0.25, -0.2) is 4.39 Å². The van der Waals surface area contributed by atoms with Crippen molar-refractivity contribution in [3.05, 3.63) is 35.6 Å². The summed E-state index contributed by atoms with van der Waals surface area (Å²) in [4.78, 5) is 27.3. The standard InChI is InChI=1S/C19H28FN3O3/c1-14(19(26)21-12-15-6-3-4-8-17(15)20)23-10-5-7-16(9-11-23)22(2)13-18(24)25/h3-4,6,8,14,16H,5,7,9-13H2,1-2H3,(H,21,26)(H,24,25). The van der Waals surface area contributed by atoms with Crippen LogP contribution in [0.5, 0.6) is 0 Å². The van der Waals surface area contributed by atoms with Crippen molar-refractivity contribution in [2.45, 2.75) is 44.8 Å². The van der Waals surface area contributed by atoms with E-state index in [0.717, 1.165) is 32.4 Å². The molecule has 1 aliphatic rings. The number of rotatable bonds is 7. The van der Waals surface area contributed by atoms with Crippen LogP contribution >= 0.6 is 0 Å². The van der Waals surface area contributed by atoms with Crippen LogP contribution in [0.25, 0.3) is 0 Å². The third-order valence-electron chi connectivity index (χ3n) is 5.08. The summed E-state index contributed by atoms with van der Waals surface area (Å²) in [5, 5.41) is 11.7. The van der Waals surface area contributed by atoms with Crippen LogP contribution in [0.4, 0.5) is 4.39 Å². The number of carboxylic acid groups (broad SMARTS) is 1. The Labute approximate surface area is 154 Å². The molecule has 0 bridgehead atoms. The molecule has 0 spiro atoms. The van der Waals surface area contributed by atoms with Gasteiger partial charge in [-0.15, -0.1) is 0 Å². The van der Waals surface area contributed by atoms with E-state index in [0.29, 0.717) is 5.56 Å². The van der Waals surface area contributed by atoms with Gasteiger partial charge in [-0.3, -0.25) is 19.4 Å². The molecular weight excluding hydrogens is 337 g/mol. The van der Waals surface area contributed by atoms with Gasteiger partial charge in [-0.05, 0) is 45.8 Å². The Morgan fingerprint density at radius 1 is 1.35 bits per heavy atom. The number of carbonyl (C=O) groups excluding carboxylic acids is 1. The summed E-state index contributed by atoms with van der Waals surface area (Å²) in [5.41, 5.74) is 0.472. The molecule has 1 heterocycles. The predicted octanol–water partition coefficient (Wildman–Crippen LogP) is 1.70. The first-order valence-corrected chi connectivity index (χ1v) is 9.05. The maximum atomic E-state index is 13.7. The number of carboxylic acids is 1. The van der Waals surface area contributed by atoms with Crippen molar-refractivity contribution in [2.24, 2.45) is 0 Å². The number of aliphatic carboxylic acids is 1. The maximum absolute atomic E-state index is 13.7. The number of amides is 1. The molecule has 26 heavy (non-hydrogen) atoms. The first-order chi connectivity index (χ1) is 12.4. The van der Waals surface area contributed by atoms with E-state index in [1.165, 1.54) is 6.07 Å². The highest BCUT2D eigenvalue weighted by Gasteiger charge is 2.26. The van der Waals surface area contributed by atoms with E-state index in [1.807, 2.05) is 18.9 Å². The van der Waals surface area contributed by atoms with Crippen LogP contribution < -0.4 is 5.32 Å². The summed E-state index contributed by atoms with van der Waals surface area (Å²) >= 11 is 0. The van der Waals surface area contributed by atoms with Crippen LogP contribution in [0.15, 0.2) is 24.3 Å². The zero-order valence-corrected chi connectivity index (χ0v) is 15.4. The van der Waals surface area contributed by atoms with E-state index in [9.17, 15) is 14.0 Å². The normalized spacial score (nSPS) is 19.8. The van der Waals surface area contributed by atoms with Gasteiger partial charge in [0.05, 0.1) is 12.6 Å². The fraction of sp³-hybridized carbons (Fsp3) is 0.579. The maximum Gasteiger partial charge on any atom is 0.317 e. The summed E-state index contributed by atoms with van der Waals surface area (Å²) in [6.07, 6.45) is 2.66. The first kappa shape index (κ1) is 20.3. The van der Waals surface area contributed by atoms with Crippen molar-refractivity contribution in [2.75, 3.05) is 26.7 Å². The Kier molecular flexibility index (Phi) is 7.53. The van der Waals surface area contributed by atoms with E-state index in [-0.39, 0.29) is 36.9 Å². The fourth-order valence-electron chi connectivity index (χ4n) is 3.41. The van der Waals surface area contributed by atoms with Gasteiger partial charge in [-0.1, -0.05) is 18.2 Å². The van der Waals surface area contributed by atoms with Crippen molar-refractivity contribution < 1.29 is 19.1 Å². The predicted molar refractivity (Wildman–Crippen MR) is 97.2 cm³/mol. The molecule has 0 saturated carbocycles. The molecule has 2 atom stereocenters. The van der Waals surface area contributed by atoms with Gasteiger partial charge in [0, 0.05) is 24.7 Å². The Morgan fingerprint density at radius 2 is 2.08 bits per heavy atom. The molecule has 2 N–H and O–H groups in total. The number of likely N-dealkylation sites (N-methyl/N-ethyl adjacent to an activating group) is 1. The van der Waals surface area contributed by atoms with Gasteiger partial charge < -0.3 is 10.4 Å². The van der Waals surface area contributed by atoms with Crippen LogP contribution in [0.2, 0.25) is 0 Å². The molecule has 0 aromatic heterocycles. The van der Waals surface area contributed by atoms with Crippen molar-refractivity contribution in [1.82, 2.24) is 15.1 Å². The van der Waals surface area contributed by atoms with E-state index in [4.69, 9.17) is 5.11 Å². The van der Waals surface area contributed by atoms with E-state index < -0.39 is 5.97 Å². The zero-order chi connectivity index (χ0) is 19.1. The minimum Gasteiger partial charge on any atom is -0.480 e. The number of nitrogens with one attached hydrogen (secondary N) is 1. The highest BCUT2D eigenvalue weighted by atomic mass is 19.1. The lowest BCUT2D eigenvalue weighted by Gasteiger charge is -2.28. The van der Waals surface area contributed by atoms with Crippen LogP contribution in [-0.4, -0.2) is 65.5 Å². The van der Waals surface area contributed by atoms with Crippen LogP contribution in [0.1, 0.15) is 31.7 Å². The molecule has 2 rings (SSSR count). The second-order valence-corrected chi connectivity index (χ2v) is 6.91. The average Bonchev–Trinajstić information content (AvgIpc) is 2.85. The average molecular weight is 365 g/mol. The van der Waals surface area contributed by atoms with Gasteiger partial charge >= 0.3 is 5.97 Å². The Morgan fingerprint density at radius 3 is 2.77 bits per heavy atom. The molecule has 1 aromatic carbocycles. The number of hydrogen-bond acceptors (Lipinski definition) is 4. The molecule has 1 aromatic rings. The molecule has 6 nitrogen and oxygen atoms in total. The SMILES string of the molecule is CC(C(=O)NCc1ccccc1F)N1CCCC(N(C)CC(=O)O)CC1. The molecule has 1 aliphatic heterocycles. The van der Waals surface area contributed by atoms with Gasteiger partial charge in [0.15, 0.2) is 0 Å². The van der Waals surface area contributed by atoms with Crippen LogP contribution in [-0.2, 0) is 16.1 Å². The molecule has 1 fully saturated rings. The van der Waals surface area contributed by atoms with E-state index >= 15 is 0 Å². The van der Waals surface area contributed by atoms with Crippen LogP contribution in [0, 0.1) is 5.82 Å². The zero-order valence-electron chi connectivity index (χ0n) is 15.4. The molecular formula is C19H28FN3O3. The molecule has 7 heteroatoms. The molecule has 0 radical (unpaired) electrons. The number of nitrogens with zero attached hydrogens (tertiary/aromatic N) is 2. The second kappa shape index (κ2) is 9.64. The van der Waals surface area contributed by atoms with Crippen molar-refractivity contribution in [3.8, 4) is 0 Å². The molecule has 1 saturated heterocycles. The number of hydrogen-bond donors (Lipinski definition) is 2. The van der Waals surface area contributed by atoms with Crippen molar-refractivity contribution >= 4 is 11.9 Å². The third kappa shape index (κ3) is 5.78. The Bertz CT molecular complexity index is 626. The minimum atomic E-state index is -0.825. The highest BCUT2D eigenvalue weighted by Crippen LogP contribution is 2.17. The topological polar surface area (TPSA) is 72.9 Å². The molecule has 144 valence electrons. The first-order valence-electron chi connectivity index (χ1n) is 9.05. The largest absolute Gasteiger partial charge is 0.480 e. The highest BCUT2D eigenvalue weighted by molar-refractivity contribution is 5.81. The lowest BCUT2D eigenvalue weighted by Crippen LogP contribution is -2.45. The van der Waals surface area contributed by atoms with Crippen molar-refractivity contribution in [1.29, 1.82) is 0 Å². The summed E-state index contributed by atoms with van der Waals surface area (Å²) in [7, 11) is 1.83. The number of halogens is 1. The summed E-state index contributed by atoms with van der Waals surface area (Å²) in [6.45, 7) is 3.60. The van der Waals surface area contributed by atoms with Gasteiger partial charge in [0.1, 0.15) is 5.82 Å². The lowest BCUT2D eigenvalue weighted by molar-refractivity contribution is -0.138. The van der Waals surface area contributed by atoms with Gasteiger partial charge in [0.2, 0.25) is 5.91 Å². The van der Waals surface area contributed by atoms with Gasteiger partial charge in [0.25, 0.3) is 0 Å². The van der Waals surface area contributed by atoms with E-state index in [2.05, 4.69) is 10.2 Å². The fourth-order valence-corrected chi connectivity index (χ4v) is 3.41. The molecule has 1 amide bonds.